The van der Waals surface area contributed by atoms with Gasteiger partial charge in [0.25, 0.3) is 5.91 Å². The van der Waals surface area contributed by atoms with Crippen molar-refractivity contribution in [2.75, 3.05) is 27.4 Å². The predicted molar refractivity (Wildman–Crippen MR) is 103 cm³/mol. The fourth-order valence-electron chi connectivity index (χ4n) is 3.55. The average Bonchev–Trinajstić information content (AvgIpc) is 3.30. The van der Waals surface area contributed by atoms with Crippen molar-refractivity contribution in [3.05, 3.63) is 50.7 Å². The highest BCUT2D eigenvalue weighted by molar-refractivity contribution is 6.16. The maximum atomic E-state index is 13.1. The van der Waals surface area contributed by atoms with Crippen LogP contribution in [0.1, 0.15) is 25.3 Å². The summed E-state index contributed by atoms with van der Waals surface area (Å²) in [6.07, 6.45) is 3.14. The molecule has 1 atom stereocenters. The second kappa shape index (κ2) is 8.44. The van der Waals surface area contributed by atoms with Gasteiger partial charge in [-0.2, -0.15) is 0 Å². The van der Waals surface area contributed by atoms with Crippen LogP contribution in [0.2, 0.25) is 0 Å². The second-order valence-corrected chi connectivity index (χ2v) is 6.75. The van der Waals surface area contributed by atoms with Crippen molar-refractivity contribution in [3.63, 3.8) is 0 Å². The Labute approximate surface area is 167 Å². The summed E-state index contributed by atoms with van der Waals surface area (Å²) in [7, 11) is 2.58. The van der Waals surface area contributed by atoms with E-state index in [0.29, 0.717) is 24.4 Å². The van der Waals surface area contributed by atoms with Crippen LogP contribution in [0.4, 0.5) is 5.69 Å². The van der Waals surface area contributed by atoms with Crippen molar-refractivity contribution in [1.29, 1.82) is 0 Å². The van der Waals surface area contributed by atoms with Gasteiger partial charge in [0, 0.05) is 18.4 Å². The smallest absolute Gasteiger partial charge is 0.340 e. The normalized spacial score (nSPS) is 20.5. The lowest BCUT2D eigenvalue weighted by atomic mass is 10.0. The highest BCUT2D eigenvalue weighted by Gasteiger charge is 2.38. The molecular weight excluding hydrogens is 380 g/mol. The van der Waals surface area contributed by atoms with Gasteiger partial charge in [-0.05, 0) is 37.5 Å². The number of nitro groups is 1. The lowest BCUT2D eigenvalue weighted by Crippen LogP contribution is -2.33. The Morgan fingerprint density at radius 3 is 2.76 bits per heavy atom. The third-order valence-corrected chi connectivity index (χ3v) is 5.02. The zero-order chi connectivity index (χ0) is 21.1. The molecule has 1 amide bonds. The summed E-state index contributed by atoms with van der Waals surface area (Å²) in [5.74, 6) is -0.897. The summed E-state index contributed by atoms with van der Waals surface area (Å²) in [4.78, 5) is 37.7. The predicted octanol–water partition coefficient (Wildman–Crippen LogP) is 2.46. The number of amides is 1. The van der Waals surface area contributed by atoms with Gasteiger partial charge in [0.1, 0.15) is 0 Å². The number of ether oxygens (including phenoxy) is 3. The second-order valence-electron chi connectivity index (χ2n) is 6.75. The van der Waals surface area contributed by atoms with Gasteiger partial charge in [-0.3, -0.25) is 14.9 Å². The van der Waals surface area contributed by atoms with Gasteiger partial charge in [0.15, 0.2) is 5.75 Å². The van der Waals surface area contributed by atoms with E-state index in [1.54, 1.807) is 13.0 Å². The highest BCUT2D eigenvalue weighted by atomic mass is 16.6. The zero-order valence-electron chi connectivity index (χ0n) is 16.5. The molecule has 1 fully saturated rings. The quantitative estimate of drug-likeness (QED) is 0.311. The molecule has 0 bridgehead atoms. The van der Waals surface area contributed by atoms with Crippen molar-refractivity contribution < 1.29 is 28.7 Å². The van der Waals surface area contributed by atoms with Crippen LogP contribution in [0, 0.1) is 10.1 Å². The molecule has 2 heterocycles. The van der Waals surface area contributed by atoms with E-state index in [-0.39, 0.29) is 34.6 Å². The molecule has 0 saturated carbocycles. The number of carbonyl (C=O) groups is 2. The Morgan fingerprint density at radius 1 is 1.41 bits per heavy atom. The minimum absolute atomic E-state index is 0.0887. The number of nitrogens with zero attached hydrogens (tertiary/aromatic N) is 2. The Balaban J connectivity index is 2.02. The van der Waals surface area contributed by atoms with Crippen LogP contribution < -0.4 is 4.74 Å². The summed E-state index contributed by atoms with van der Waals surface area (Å²) in [5, 5.41) is 11.3. The minimum atomic E-state index is -0.639. The van der Waals surface area contributed by atoms with Crippen molar-refractivity contribution >= 4 is 23.6 Å². The topological polar surface area (TPSA) is 108 Å². The van der Waals surface area contributed by atoms with Crippen LogP contribution in [-0.2, 0) is 19.1 Å². The van der Waals surface area contributed by atoms with Gasteiger partial charge in [-0.25, -0.2) is 4.79 Å². The molecule has 2 aliphatic heterocycles. The first kappa shape index (κ1) is 20.5. The number of nitro benzene ring substituents is 1. The Kier molecular flexibility index (Phi) is 5.97. The molecule has 154 valence electrons. The number of methoxy groups -OCH3 is 2. The van der Waals surface area contributed by atoms with Gasteiger partial charge in [0.2, 0.25) is 0 Å². The summed E-state index contributed by atoms with van der Waals surface area (Å²) >= 11 is 0. The minimum Gasteiger partial charge on any atom is -0.490 e. The monoisotopic (exact) mass is 402 g/mol. The van der Waals surface area contributed by atoms with E-state index in [9.17, 15) is 19.7 Å². The summed E-state index contributed by atoms with van der Waals surface area (Å²) in [6, 6.07) is 4.33. The van der Waals surface area contributed by atoms with Gasteiger partial charge in [0.05, 0.1) is 42.9 Å². The number of hydrogen-bond donors (Lipinski definition) is 0. The lowest BCUT2D eigenvalue weighted by molar-refractivity contribution is -0.385. The zero-order valence-corrected chi connectivity index (χ0v) is 16.5. The summed E-state index contributed by atoms with van der Waals surface area (Å²) in [6.45, 7) is 2.67. The molecule has 3 rings (SSSR count). The summed E-state index contributed by atoms with van der Waals surface area (Å²) in [5.41, 5.74) is 0.922. The lowest BCUT2D eigenvalue weighted by Gasteiger charge is -2.21. The third-order valence-electron chi connectivity index (χ3n) is 5.02. The highest BCUT2D eigenvalue weighted by Crippen LogP contribution is 2.34. The Morgan fingerprint density at radius 2 is 2.17 bits per heavy atom. The number of rotatable bonds is 6. The molecule has 0 aliphatic carbocycles. The van der Waals surface area contributed by atoms with E-state index in [1.807, 2.05) is 0 Å². The molecule has 1 unspecified atom stereocenters. The Hall–Kier alpha value is -3.20. The first-order valence-corrected chi connectivity index (χ1v) is 9.14. The first-order valence-electron chi connectivity index (χ1n) is 9.14. The maximum Gasteiger partial charge on any atom is 0.340 e. The fraction of sp³-hybridized carbons (Fsp3) is 0.400. The van der Waals surface area contributed by atoms with Gasteiger partial charge >= 0.3 is 11.7 Å². The van der Waals surface area contributed by atoms with E-state index in [1.165, 1.54) is 37.3 Å². The molecule has 1 saturated heterocycles. The van der Waals surface area contributed by atoms with Crippen molar-refractivity contribution in [2.24, 2.45) is 0 Å². The number of esters is 1. The van der Waals surface area contributed by atoms with E-state index >= 15 is 0 Å². The molecule has 29 heavy (non-hydrogen) atoms. The third kappa shape index (κ3) is 4.00. The molecule has 2 aliphatic rings. The van der Waals surface area contributed by atoms with Crippen molar-refractivity contribution in [2.45, 2.75) is 25.9 Å². The van der Waals surface area contributed by atoms with Crippen LogP contribution in [-0.4, -0.2) is 55.2 Å². The number of carbonyl (C=O) groups excluding carboxylic acids is 2. The number of allylic oxidation sites excluding steroid dienone is 1. The molecule has 1 aromatic carbocycles. The average molecular weight is 402 g/mol. The van der Waals surface area contributed by atoms with Crippen LogP contribution in [0.25, 0.3) is 6.08 Å². The van der Waals surface area contributed by atoms with E-state index in [0.717, 1.165) is 12.8 Å². The molecule has 9 nitrogen and oxygen atoms in total. The largest absolute Gasteiger partial charge is 0.490 e. The number of benzene rings is 1. The Bertz CT molecular complexity index is 913. The molecule has 0 N–H and O–H groups in total. The fourth-order valence-corrected chi connectivity index (χ4v) is 3.55. The molecule has 0 radical (unpaired) electrons. The van der Waals surface area contributed by atoms with Gasteiger partial charge in [-0.15, -0.1) is 0 Å². The van der Waals surface area contributed by atoms with Crippen LogP contribution >= 0.6 is 0 Å². The molecule has 9 heteroatoms. The van der Waals surface area contributed by atoms with Crippen LogP contribution in [0.15, 0.2) is 35.0 Å². The van der Waals surface area contributed by atoms with Crippen molar-refractivity contribution in [1.82, 2.24) is 4.90 Å². The standard InChI is InChI=1S/C20H22N2O7/c1-12-18(20(24)28-3)15(19(23)21(12)11-14-5-4-8-29-14)9-13-6-7-17(27-2)16(10-13)22(25)26/h6-7,9-10,14H,4-5,8,11H2,1-3H3/b15-9-. The number of hydrogen-bond acceptors (Lipinski definition) is 7. The van der Waals surface area contributed by atoms with Crippen molar-refractivity contribution in [3.8, 4) is 5.75 Å². The molecular formula is C20H22N2O7. The first-order chi connectivity index (χ1) is 13.9. The maximum absolute atomic E-state index is 13.1. The SMILES string of the molecule is COC(=O)C1=C(C)N(CC2CCCO2)C(=O)/C1=C\c1ccc(OC)c([N+](=O)[O-])c1. The van der Waals surface area contributed by atoms with E-state index < -0.39 is 10.9 Å². The van der Waals surface area contributed by atoms with E-state index in [4.69, 9.17) is 14.2 Å². The van der Waals surface area contributed by atoms with Crippen LogP contribution in [0.3, 0.4) is 0 Å². The molecule has 0 spiro atoms. The molecule has 1 aromatic rings. The van der Waals surface area contributed by atoms with Crippen LogP contribution in [0.5, 0.6) is 5.75 Å². The van der Waals surface area contributed by atoms with Gasteiger partial charge < -0.3 is 19.1 Å². The van der Waals surface area contributed by atoms with E-state index in [2.05, 4.69) is 0 Å². The molecule has 0 aromatic heterocycles. The van der Waals surface area contributed by atoms with Gasteiger partial charge in [-0.1, -0.05) is 6.07 Å². The summed E-state index contributed by atoms with van der Waals surface area (Å²) < 4.78 is 15.5.